The number of anilines is 3. The second kappa shape index (κ2) is 9.41. The van der Waals surface area contributed by atoms with E-state index in [2.05, 4.69) is 40.3 Å². The minimum atomic E-state index is -0.267. The summed E-state index contributed by atoms with van der Waals surface area (Å²) in [7, 11) is 1.72. The number of ether oxygens (including phenoxy) is 1. The molecule has 1 aromatic heterocycles. The van der Waals surface area contributed by atoms with E-state index in [0.29, 0.717) is 12.6 Å². The minimum Gasteiger partial charge on any atom is -0.380 e. The summed E-state index contributed by atoms with van der Waals surface area (Å²) in [5.74, 6) is 1.19. The number of fused-ring (bicyclic) bond motifs is 1. The third-order valence-corrected chi connectivity index (χ3v) is 5.36. The van der Waals surface area contributed by atoms with Crippen LogP contribution in [-0.2, 0) is 24.3 Å². The molecule has 0 fully saturated rings. The van der Waals surface area contributed by atoms with Crippen LogP contribution in [0, 0.1) is 19.7 Å². The van der Waals surface area contributed by atoms with Crippen LogP contribution in [0.1, 0.15) is 27.9 Å². The lowest BCUT2D eigenvalue weighted by Gasteiger charge is -2.31. The number of hydrogen-bond acceptors (Lipinski definition) is 5. The number of benzene rings is 2. The Hall–Kier alpha value is -2.70. The second-order valence-corrected chi connectivity index (χ2v) is 7.42. The van der Waals surface area contributed by atoms with Crippen LogP contribution in [0.5, 0.6) is 0 Å². The van der Waals surface area contributed by atoms with Crippen molar-refractivity contribution in [2.24, 2.45) is 0 Å². The number of halogens is 2. The maximum atomic E-state index is 13.2. The van der Waals surface area contributed by atoms with Crippen molar-refractivity contribution in [3.8, 4) is 0 Å². The van der Waals surface area contributed by atoms with Crippen molar-refractivity contribution in [1.29, 1.82) is 0 Å². The van der Waals surface area contributed by atoms with Crippen LogP contribution in [0.4, 0.5) is 21.8 Å². The molecule has 1 aliphatic rings. The SMILES string of the molecule is COCc1ccc2c(c1)CN(c1nc(Nc3ccc(F)cc3)nc(C)c1C)CC2.Cl. The van der Waals surface area contributed by atoms with Gasteiger partial charge in [-0.25, -0.2) is 9.37 Å². The lowest BCUT2D eigenvalue weighted by molar-refractivity contribution is 0.185. The Bertz CT molecular complexity index is 1030. The molecule has 7 heteroatoms. The highest BCUT2D eigenvalue weighted by molar-refractivity contribution is 5.85. The van der Waals surface area contributed by atoms with Gasteiger partial charge in [0.25, 0.3) is 0 Å². The van der Waals surface area contributed by atoms with Gasteiger partial charge in [-0.15, -0.1) is 12.4 Å². The Morgan fingerprint density at radius 1 is 1.07 bits per heavy atom. The Labute approximate surface area is 182 Å². The molecule has 158 valence electrons. The molecule has 0 spiro atoms. The zero-order chi connectivity index (χ0) is 20.4. The van der Waals surface area contributed by atoms with E-state index in [1.807, 2.05) is 6.92 Å². The van der Waals surface area contributed by atoms with Gasteiger partial charge in [-0.2, -0.15) is 4.98 Å². The van der Waals surface area contributed by atoms with Gasteiger partial charge in [0, 0.05) is 37.1 Å². The molecule has 1 aliphatic heterocycles. The Morgan fingerprint density at radius 3 is 2.57 bits per heavy atom. The van der Waals surface area contributed by atoms with E-state index in [4.69, 9.17) is 9.72 Å². The highest BCUT2D eigenvalue weighted by Gasteiger charge is 2.21. The lowest BCUT2D eigenvalue weighted by Crippen LogP contribution is -2.32. The quantitative estimate of drug-likeness (QED) is 0.612. The normalized spacial score (nSPS) is 12.9. The number of rotatable bonds is 5. The fourth-order valence-corrected chi connectivity index (χ4v) is 3.69. The molecule has 30 heavy (non-hydrogen) atoms. The van der Waals surface area contributed by atoms with E-state index >= 15 is 0 Å². The van der Waals surface area contributed by atoms with Crippen LogP contribution in [-0.4, -0.2) is 23.6 Å². The molecule has 0 radical (unpaired) electrons. The molecular formula is C23H26ClFN4O. The van der Waals surface area contributed by atoms with Crippen LogP contribution in [0.15, 0.2) is 42.5 Å². The predicted molar refractivity (Wildman–Crippen MR) is 120 cm³/mol. The Kier molecular flexibility index (Phi) is 6.90. The Balaban J connectivity index is 0.00000256. The molecule has 0 bridgehead atoms. The van der Waals surface area contributed by atoms with Gasteiger partial charge >= 0.3 is 0 Å². The molecule has 3 aromatic rings. The van der Waals surface area contributed by atoms with Crippen LogP contribution >= 0.6 is 12.4 Å². The van der Waals surface area contributed by atoms with E-state index in [9.17, 15) is 4.39 Å². The van der Waals surface area contributed by atoms with Crippen molar-refractivity contribution in [1.82, 2.24) is 9.97 Å². The fourth-order valence-electron chi connectivity index (χ4n) is 3.69. The van der Waals surface area contributed by atoms with Crippen molar-refractivity contribution in [2.75, 3.05) is 23.9 Å². The van der Waals surface area contributed by atoms with E-state index in [1.165, 1.54) is 28.8 Å². The number of hydrogen-bond donors (Lipinski definition) is 1. The second-order valence-electron chi connectivity index (χ2n) is 7.42. The summed E-state index contributed by atoms with van der Waals surface area (Å²) in [6.45, 7) is 6.38. The van der Waals surface area contributed by atoms with Gasteiger partial charge in [0.05, 0.1) is 6.61 Å². The topological polar surface area (TPSA) is 50.3 Å². The molecule has 0 saturated heterocycles. The maximum Gasteiger partial charge on any atom is 0.229 e. The zero-order valence-electron chi connectivity index (χ0n) is 17.4. The molecule has 0 atom stereocenters. The summed E-state index contributed by atoms with van der Waals surface area (Å²) in [6.07, 6.45) is 0.978. The number of aromatic nitrogens is 2. The summed E-state index contributed by atoms with van der Waals surface area (Å²) in [5.41, 5.74) is 6.64. The first-order chi connectivity index (χ1) is 14.0. The standard InChI is InChI=1S/C23H25FN4O.ClH/c1-15-16(2)25-23(26-21-8-6-20(24)7-9-21)27-22(15)28-11-10-18-5-4-17(14-29-3)12-19(18)13-28;/h4-9,12H,10-11,13-14H2,1-3H3,(H,25,26,27);1H. The average molecular weight is 429 g/mol. The van der Waals surface area contributed by atoms with E-state index in [1.54, 1.807) is 19.2 Å². The minimum absolute atomic E-state index is 0. The number of nitrogens with zero attached hydrogens (tertiary/aromatic N) is 3. The molecule has 0 amide bonds. The molecule has 2 aromatic carbocycles. The zero-order valence-corrected chi connectivity index (χ0v) is 18.2. The number of nitrogens with one attached hydrogen (secondary N) is 1. The average Bonchev–Trinajstić information content (AvgIpc) is 2.72. The van der Waals surface area contributed by atoms with E-state index in [-0.39, 0.29) is 18.2 Å². The summed E-state index contributed by atoms with van der Waals surface area (Å²) in [6, 6.07) is 12.8. The first-order valence-electron chi connectivity index (χ1n) is 9.76. The monoisotopic (exact) mass is 428 g/mol. The first-order valence-corrected chi connectivity index (χ1v) is 9.76. The third kappa shape index (κ3) is 4.71. The molecule has 2 heterocycles. The van der Waals surface area contributed by atoms with Gasteiger partial charge < -0.3 is 15.0 Å². The molecule has 0 unspecified atom stereocenters. The van der Waals surface area contributed by atoms with Crippen molar-refractivity contribution >= 4 is 29.9 Å². The predicted octanol–water partition coefficient (Wildman–Crippen LogP) is 5.11. The molecule has 0 saturated carbocycles. The van der Waals surface area contributed by atoms with Gasteiger partial charge in [-0.1, -0.05) is 18.2 Å². The molecule has 5 nitrogen and oxygen atoms in total. The summed E-state index contributed by atoms with van der Waals surface area (Å²) >= 11 is 0. The van der Waals surface area contributed by atoms with Gasteiger partial charge in [-0.3, -0.25) is 0 Å². The van der Waals surface area contributed by atoms with Crippen LogP contribution < -0.4 is 10.2 Å². The summed E-state index contributed by atoms with van der Waals surface area (Å²) in [4.78, 5) is 11.7. The van der Waals surface area contributed by atoms with Gasteiger partial charge in [0.2, 0.25) is 5.95 Å². The van der Waals surface area contributed by atoms with Crippen LogP contribution in [0.2, 0.25) is 0 Å². The largest absolute Gasteiger partial charge is 0.380 e. The lowest BCUT2D eigenvalue weighted by atomic mass is 9.97. The summed E-state index contributed by atoms with van der Waals surface area (Å²) < 4.78 is 18.5. The number of methoxy groups -OCH3 is 1. The smallest absolute Gasteiger partial charge is 0.229 e. The Morgan fingerprint density at radius 2 is 1.83 bits per heavy atom. The van der Waals surface area contributed by atoms with Gasteiger partial charge in [0.1, 0.15) is 11.6 Å². The molecule has 0 aliphatic carbocycles. The highest BCUT2D eigenvalue weighted by Crippen LogP contribution is 2.29. The highest BCUT2D eigenvalue weighted by atomic mass is 35.5. The van der Waals surface area contributed by atoms with E-state index in [0.717, 1.165) is 42.3 Å². The van der Waals surface area contributed by atoms with Crippen molar-refractivity contribution in [2.45, 2.75) is 33.4 Å². The molecule has 4 rings (SSSR count). The molecule has 1 N–H and O–H groups in total. The van der Waals surface area contributed by atoms with Crippen molar-refractivity contribution in [3.05, 3.63) is 76.2 Å². The maximum absolute atomic E-state index is 13.2. The van der Waals surface area contributed by atoms with Crippen LogP contribution in [0.25, 0.3) is 0 Å². The van der Waals surface area contributed by atoms with Crippen molar-refractivity contribution < 1.29 is 9.13 Å². The third-order valence-electron chi connectivity index (χ3n) is 5.36. The van der Waals surface area contributed by atoms with Gasteiger partial charge in [0.15, 0.2) is 0 Å². The van der Waals surface area contributed by atoms with Crippen LogP contribution in [0.3, 0.4) is 0 Å². The molecular weight excluding hydrogens is 403 g/mol. The van der Waals surface area contributed by atoms with E-state index < -0.39 is 0 Å². The number of aryl methyl sites for hydroxylation is 1. The van der Waals surface area contributed by atoms with Gasteiger partial charge in [-0.05, 0) is 61.2 Å². The van der Waals surface area contributed by atoms with Crippen molar-refractivity contribution in [3.63, 3.8) is 0 Å². The summed E-state index contributed by atoms with van der Waals surface area (Å²) in [5, 5.41) is 3.19. The first kappa shape index (κ1) is 22.0. The fraction of sp³-hybridized carbons (Fsp3) is 0.304.